The second kappa shape index (κ2) is 8.82. The molecule has 0 aromatic heterocycles. The molecule has 5 rings (SSSR count). The van der Waals surface area contributed by atoms with E-state index in [1.54, 1.807) is 37.3 Å². The Morgan fingerprint density at radius 2 is 1.74 bits per heavy atom. The minimum Gasteiger partial charge on any atom is -0.493 e. The number of hydrogen-bond donors (Lipinski definition) is 1. The van der Waals surface area contributed by atoms with E-state index in [0.717, 1.165) is 16.7 Å². The van der Waals surface area contributed by atoms with Crippen molar-refractivity contribution in [1.29, 1.82) is 0 Å². The molecule has 6 nitrogen and oxygen atoms in total. The number of carbonyl (C=O) groups excluding carboxylic acids is 2. The molecule has 3 aromatic rings. The second-order valence-electron chi connectivity index (χ2n) is 8.51. The van der Waals surface area contributed by atoms with Gasteiger partial charge in [-0.2, -0.15) is 0 Å². The number of hydrogen-bond acceptors (Lipinski definition) is 4. The van der Waals surface area contributed by atoms with Crippen molar-refractivity contribution in [2.45, 2.75) is 24.9 Å². The Bertz CT molecular complexity index is 1260. The van der Waals surface area contributed by atoms with Crippen LogP contribution in [0.25, 0.3) is 0 Å². The van der Waals surface area contributed by atoms with Gasteiger partial charge >= 0.3 is 0 Å². The van der Waals surface area contributed by atoms with Crippen LogP contribution in [0.3, 0.4) is 0 Å². The molecule has 0 spiro atoms. The molecule has 0 radical (unpaired) electrons. The van der Waals surface area contributed by atoms with Crippen molar-refractivity contribution in [1.82, 2.24) is 10.2 Å². The van der Waals surface area contributed by atoms with E-state index in [1.807, 2.05) is 30.3 Å². The van der Waals surface area contributed by atoms with Gasteiger partial charge < -0.3 is 19.7 Å². The molecule has 1 N–H and O–H groups in total. The van der Waals surface area contributed by atoms with Crippen molar-refractivity contribution in [2.24, 2.45) is 0 Å². The van der Waals surface area contributed by atoms with Crippen LogP contribution in [0, 0.1) is 5.82 Å². The van der Waals surface area contributed by atoms with E-state index in [9.17, 15) is 14.0 Å². The fourth-order valence-corrected chi connectivity index (χ4v) is 5.04. The van der Waals surface area contributed by atoms with Gasteiger partial charge in [-0.25, -0.2) is 4.39 Å². The molecule has 0 bridgehead atoms. The van der Waals surface area contributed by atoms with Crippen molar-refractivity contribution < 1.29 is 23.5 Å². The van der Waals surface area contributed by atoms with Crippen LogP contribution in [-0.4, -0.2) is 37.5 Å². The quantitative estimate of drug-likeness (QED) is 0.625. The lowest BCUT2D eigenvalue weighted by atomic mass is 9.75. The number of halogens is 1. The summed E-state index contributed by atoms with van der Waals surface area (Å²) in [7, 11) is 3.16. The Hall–Kier alpha value is -3.87. The number of fused-ring (bicyclic) bond motifs is 4. The van der Waals surface area contributed by atoms with Gasteiger partial charge in [0.1, 0.15) is 5.82 Å². The smallest absolute Gasteiger partial charge is 0.254 e. The van der Waals surface area contributed by atoms with Crippen LogP contribution in [0.2, 0.25) is 0 Å². The SMILES string of the molecule is COc1cc2c(cc1OC)[C@H]1[C@@H](C(=O)NCc3ccc(F)cc3)c3ccccc3C(=O)N1CC2. The molecule has 2 aliphatic rings. The number of carbonyl (C=O) groups is 2. The summed E-state index contributed by atoms with van der Waals surface area (Å²) in [5, 5.41) is 3.00. The van der Waals surface area contributed by atoms with Gasteiger partial charge in [0.05, 0.1) is 26.2 Å². The lowest BCUT2D eigenvalue weighted by Gasteiger charge is -2.45. The molecule has 174 valence electrons. The molecular weight excluding hydrogens is 435 g/mol. The topological polar surface area (TPSA) is 67.9 Å². The number of nitrogens with one attached hydrogen (secondary N) is 1. The zero-order valence-electron chi connectivity index (χ0n) is 19.0. The second-order valence-corrected chi connectivity index (χ2v) is 8.51. The van der Waals surface area contributed by atoms with Gasteiger partial charge in [-0.3, -0.25) is 9.59 Å². The van der Waals surface area contributed by atoms with Crippen LogP contribution in [0.4, 0.5) is 4.39 Å². The third-order valence-corrected chi connectivity index (χ3v) is 6.69. The normalized spacial score (nSPS) is 18.4. The lowest BCUT2D eigenvalue weighted by molar-refractivity contribution is -0.124. The molecule has 0 saturated heterocycles. The van der Waals surface area contributed by atoms with E-state index < -0.39 is 12.0 Å². The fraction of sp³-hybridized carbons (Fsp3) is 0.259. The number of benzene rings is 3. The molecule has 0 unspecified atom stereocenters. The number of ether oxygens (including phenoxy) is 2. The molecule has 7 heteroatoms. The number of nitrogens with zero attached hydrogens (tertiary/aromatic N) is 1. The van der Waals surface area contributed by atoms with E-state index in [4.69, 9.17) is 9.47 Å². The summed E-state index contributed by atoms with van der Waals surface area (Å²) in [5.41, 5.74) is 3.95. The summed E-state index contributed by atoms with van der Waals surface area (Å²) in [5.74, 6) is -0.0277. The first kappa shape index (κ1) is 21.9. The first-order chi connectivity index (χ1) is 16.5. The molecule has 2 amide bonds. The summed E-state index contributed by atoms with van der Waals surface area (Å²) in [6, 6.07) is 16.7. The van der Waals surface area contributed by atoms with E-state index in [0.29, 0.717) is 35.6 Å². The van der Waals surface area contributed by atoms with Crippen LogP contribution in [0.1, 0.15) is 44.6 Å². The number of amides is 2. The van der Waals surface area contributed by atoms with Crippen LogP contribution in [0.15, 0.2) is 60.7 Å². The molecule has 0 aliphatic carbocycles. The van der Waals surface area contributed by atoms with E-state index in [2.05, 4.69) is 5.32 Å². The van der Waals surface area contributed by atoms with Gasteiger partial charge in [0.25, 0.3) is 5.91 Å². The largest absolute Gasteiger partial charge is 0.493 e. The van der Waals surface area contributed by atoms with Gasteiger partial charge in [0, 0.05) is 18.7 Å². The average Bonchev–Trinajstić information content (AvgIpc) is 2.87. The number of rotatable bonds is 5. The summed E-state index contributed by atoms with van der Waals surface area (Å²) in [6.07, 6.45) is 0.657. The lowest BCUT2D eigenvalue weighted by Crippen LogP contribution is -2.50. The summed E-state index contributed by atoms with van der Waals surface area (Å²) in [4.78, 5) is 28.9. The van der Waals surface area contributed by atoms with Gasteiger partial charge in [-0.05, 0) is 59.0 Å². The third kappa shape index (κ3) is 3.67. The standard InChI is InChI=1S/C27H25FN2O4/c1-33-22-13-17-11-12-30-25(21(17)14-23(22)34-2)24(19-5-3-4-6-20(19)27(30)32)26(31)29-15-16-7-9-18(28)10-8-16/h3-10,13-14,24-25H,11-12,15H2,1-2H3,(H,29,31)/t24-,25-/m0/s1. The molecular formula is C27H25FN2O4. The van der Waals surface area contributed by atoms with Crippen molar-refractivity contribution in [3.8, 4) is 11.5 Å². The first-order valence-corrected chi connectivity index (χ1v) is 11.2. The van der Waals surface area contributed by atoms with Gasteiger partial charge in [-0.15, -0.1) is 0 Å². The van der Waals surface area contributed by atoms with Crippen LogP contribution >= 0.6 is 0 Å². The Kier molecular flexibility index (Phi) is 5.69. The van der Waals surface area contributed by atoms with Crippen LogP contribution in [-0.2, 0) is 17.8 Å². The summed E-state index contributed by atoms with van der Waals surface area (Å²) < 4.78 is 24.3. The maximum absolute atomic E-state index is 13.7. The highest BCUT2D eigenvalue weighted by atomic mass is 19.1. The predicted molar refractivity (Wildman–Crippen MR) is 124 cm³/mol. The van der Waals surface area contributed by atoms with Crippen molar-refractivity contribution in [2.75, 3.05) is 20.8 Å². The molecule has 0 fully saturated rings. The van der Waals surface area contributed by atoms with Gasteiger partial charge in [-0.1, -0.05) is 30.3 Å². The molecule has 0 saturated carbocycles. The monoisotopic (exact) mass is 460 g/mol. The van der Waals surface area contributed by atoms with E-state index in [1.165, 1.54) is 12.1 Å². The zero-order valence-corrected chi connectivity index (χ0v) is 19.0. The summed E-state index contributed by atoms with van der Waals surface area (Å²) in [6.45, 7) is 0.763. The fourth-order valence-electron chi connectivity index (χ4n) is 5.04. The molecule has 2 atom stereocenters. The minimum absolute atomic E-state index is 0.0800. The molecule has 2 heterocycles. The summed E-state index contributed by atoms with van der Waals surface area (Å²) >= 11 is 0. The van der Waals surface area contributed by atoms with Crippen LogP contribution < -0.4 is 14.8 Å². The first-order valence-electron chi connectivity index (χ1n) is 11.2. The molecule has 2 aliphatic heterocycles. The van der Waals surface area contributed by atoms with Crippen molar-refractivity contribution in [3.05, 3.63) is 94.3 Å². The Balaban J connectivity index is 1.57. The Morgan fingerprint density at radius 3 is 2.47 bits per heavy atom. The minimum atomic E-state index is -0.605. The third-order valence-electron chi connectivity index (χ3n) is 6.69. The van der Waals surface area contributed by atoms with Crippen LogP contribution in [0.5, 0.6) is 11.5 Å². The predicted octanol–water partition coefficient (Wildman–Crippen LogP) is 4.00. The maximum atomic E-state index is 13.7. The zero-order chi connectivity index (χ0) is 23.8. The number of methoxy groups -OCH3 is 2. The van der Waals surface area contributed by atoms with E-state index >= 15 is 0 Å². The van der Waals surface area contributed by atoms with E-state index in [-0.39, 0.29) is 24.2 Å². The Labute approximate surface area is 197 Å². The molecule has 34 heavy (non-hydrogen) atoms. The Morgan fingerprint density at radius 1 is 1.03 bits per heavy atom. The van der Waals surface area contributed by atoms with Crippen molar-refractivity contribution >= 4 is 11.8 Å². The molecule has 3 aromatic carbocycles. The van der Waals surface area contributed by atoms with Crippen molar-refractivity contribution in [3.63, 3.8) is 0 Å². The highest BCUT2D eigenvalue weighted by Gasteiger charge is 2.46. The maximum Gasteiger partial charge on any atom is 0.254 e. The van der Waals surface area contributed by atoms with Gasteiger partial charge in [0.2, 0.25) is 5.91 Å². The highest BCUT2D eigenvalue weighted by molar-refractivity contribution is 6.01. The van der Waals surface area contributed by atoms with Gasteiger partial charge in [0.15, 0.2) is 11.5 Å². The average molecular weight is 461 g/mol. The highest BCUT2D eigenvalue weighted by Crippen LogP contribution is 2.48.